The largest absolute Gasteiger partial charge is 0.388 e. The van der Waals surface area contributed by atoms with E-state index in [1.165, 1.54) is 6.92 Å². The minimum absolute atomic E-state index is 0.0254. The predicted octanol–water partition coefficient (Wildman–Crippen LogP) is 2.34. The average Bonchev–Trinajstić information content (AvgIpc) is 2.61. The van der Waals surface area contributed by atoms with Crippen LogP contribution >= 0.6 is 0 Å². The number of amidine groups is 1. The van der Waals surface area contributed by atoms with E-state index in [1.807, 2.05) is 27.7 Å². The highest BCUT2D eigenvalue weighted by Gasteiger charge is 2.29. The molecule has 0 spiro atoms. The number of ketones is 1. The van der Waals surface area contributed by atoms with E-state index in [-0.39, 0.29) is 41.7 Å². The van der Waals surface area contributed by atoms with E-state index in [0.29, 0.717) is 44.8 Å². The highest BCUT2D eigenvalue weighted by atomic mass is 16.2. The van der Waals surface area contributed by atoms with Crippen molar-refractivity contribution in [1.82, 2.24) is 10.6 Å². The van der Waals surface area contributed by atoms with Crippen LogP contribution in [-0.2, 0) is 19.2 Å². The zero-order chi connectivity index (χ0) is 23.3. The first-order valence-electron chi connectivity index (χ1n) is 10.8. The van der Waals surface area contributed by atoms with Crippen molar-refractivity contribution in [3.63, 3.8) is 0 Å². The second-order valence-corrected chi connectivity index (χ2v) is 8.90. The summed E-state index contributed by atoms with van der Waals surface area (Å²) in [6, 6.07) is -1.24. The van der Waals surface area contributed by atoms with Gasteiger partial charge >= 0.3 is 0 Å². The quantitative estimate of drug-likeness (QED) is 0.130. The Bertz CT molecular complexity index is 590. The second-order valence-electron chi connectivity index (χ2n) is 8.90. The minimum atomic E-state index is -0.629. The Morgan fingerprint density at radius 2 is 1.60 bits per heavy atom. The molecular formula is C22H40N4O4. The number of rotatable bonds is 16. The van der Waals surface area contributed by atoms with Gasteiger partial charge in [-0.1, -0.05) is 34.1 Å². The summed E-state index contributed by atoms with van der Waals surface area (Å²) in [4.78, 5) is 48.5. The minimum Gasteiger partial charge on any atom is -0.388 e. The van der Waals surface area contributed by atoms with E-state index in [0.717, 1.165) is 0 Å². The fourth-order valence-corrected chi connectivity index (χ4v) is 3.38. The van der Waals surface area contributed by atoms with Gasteiger partial charge in [0, 0.05) is 25.7 Å². The van der Waals surface area contributed by atoms with Gasteiger partial charge in [0.25, 0.3) is 0 Å². The van der Waals surface area contributed by atoms with E-state index < -0.39 is 18.0 Å². The van der Waals surface area contributed by atoms with Gasteiger partial charge in [0.2, 0.25) is 11.8 Å². The number of aldehydes is 1. The van der Waals surface area contributed by atoms with Crippen LogP contribution in [-0.4, -0.2) is 41.8 Å². The Hall–Kier alpha value is -2.25. The van der Waals surface area contributed by atoms with Gasteiger partial charge in [0.15, 0.2) is 5.78 Å². The summed E-state index contributed by atoms with van der Waals surface area (Å²) in [6.45, 7) is 9.27. The van der Waals surface area contributed by atoms with Gasteiger partial charge in [-0.05, 0) is 37.5 Å². The number of carbonyl (C=O) groups is 4. The molecule has 5 N–H and O–H groups in total. The molecule has 0 radical (unpaired) electrons. The lowest BCUT2D eigenvalue weighted by atomic mass is 9.87. The van der Waals surface area contributed by atoms with Crippen molar-refractivity contribution in [2.24, 2.45) is 23.5 Å². The molecule has 0 aromatic rings. The van der Waals surface area contributed by atoms with E-state index in [2.05, 4.69) is 10.6 Å². The lowest BCUT2D eigenvalue weighted by molar-refractivity contribution is -0.133. The van der Waals surface area contributed by atoms with Gasteiger partial charge < -0.3 is 21.2 Å². The first-order chi connectivity index (χ1) is 14.0. The van der Waals surface area contributed by atoms with Crippen LogP contribution in [0.15, 0.2) is 0 Å². The molecule has 8 heteroatoms. The van der Waals surface area contributed by atoms with E-state index >= 15 is 0 Å². The molecule has 8 nitrogen and oxygen atoms in total. The number of nitrogens with one attached hydrogen (secondary N) is 3. The number of hydrogen-bond acceptors (Lipinski definition) is 5. The Labute approximate surface area is 180 Å². The monoisotopic (exact) mass is 424 g/mol. The summed E-state index contributed by atoms with van der Waals surface area (Å²) in [5, 5.41) is 12.7. The smallest absolute Gasteiger partial charge is 0.224 e. The zero-order valence-corrected chi connectivity index (χ0v) is 19.1. The molecule has 0 aromatic carbocycles. The third-order valence-corrected chi connectivity index (χ3v) is 4.75. The summed E-state index contributed by atoms with van der Waals surface area (Å²) in [6.07, 6.45) is 4.03. The van der Waals surface area contributed by atoms with E-state index in [9.17, 15) is 19.2 Å². The van der Waals surface area contributed by atoms with E-state index in [1.54, 1.807) is 0 Å². The van der Waals surface area contributed by atoms with Gasteiger partial charge in [-0.3, -0.25) is 19.8 Å². The van der Waals surface area contributed by atoms with E-state index in [4.69, 9.17) is 11.1 Å². The number of nitrogens with two attached hydrogens (primary N) is 1. The molecule has 172 valence electrons. The second kappa shape index (κ2) is 14.7. The number of unbranched alkanes of at least 4 members (excludes halogenated alkanes) is 1. The summed E-state index contributed by atoms with van der Waals surface area (Å²) in [5.41, 5.74) is 5.33. The third kappa shape index (κ3) is 13.1. The maximum atomic E-state index is 12.8. The van der Waals surface area contributed by atoms with Crippen LogP contribution in [0, 0.1) is 23.2 Å². The van der Waals surface area contributed by atoms with Crippen LogP contribution in [0.1, 0.15) is 79.6 Å². The van der Waals surface area contributed by atoms with Gasteiger partial charge in [0.1, 0.15) is 6.29 Å². The number of amides is 2. The number of Topliss-reactive ketones (excluding diaryl/α,β-unsaturated/α-hetero) is 1. The first kappa shape index (κ1) is 27.8. The van der Waals surface area contributed by atoms with Gasteiger partial charge in [-0.15, -0.1) is 0 Å². The topological polar surface area (TPSA) is 142 Å². The number of carbonyl (C=O) groups excluding carboxylic acids is 4. The van der Waals surface area contributed by atoms with Crippen molar-refractivity contribution >= 4 is 29.7 Å². The molecule has 30 heavy (non-hydrogen) atoms. The van der Waals surface area contributed by atoms with Crippen molar-refractivity contribution in [3.05, 3.63) is 0 Å². The fourth-order valence-electron chi connectivity index (χ4n) is 3.38. The molecule has 0 aliphatic heterocycles. The summed E-state index contributed by atoms with van der Waals surface area (Å²) < 4.78 is 0. The Morgan fingerprint density at radius 1 is 1.00 bits per heavy atom. The van der Waals surface area contributed by atoms with Crippen molar-refractivity contribution < 1.29 is 19.2 Å². The normalized spacial score (nSPS) is 14.1. The molecule has 0 saturated heterocycles. The Morgan fingerprint density at radius 3 is 2.07 bits per heavy atom. The zero-order valence-electron chi connectivity index (χ0n) is 19.1. The van der Waals surface area contributed by atoms with Crippen molar-refractivity contribution in [2.45, 2.75) is 91.6 Å². The fraction of sp³-hybridized carbons (Fsp3) is 0.773. The molecule has 0 aromatic heterocycles. The molecule has 2 amide bonds. The maximum Gasteiger partial charge on any atom is 0.224 e. The first-order valence-corrected chi connectivity index (χ1v) is 10.8. The molecule has 0 fully saturated rings. The third-order valence-electron chi connectivity index (χ3n) is 4.75. The van der Waals surface area contributed by atoms with Crippen LogP contribution in [0.4, 0.5) is 0 Å². The highest BCUT2D eigenvalue weighted by Crippen LogP contribution is 2.19. The maximum absolute atomic E-state index is 12.8. The van der Waals surface area contributed by atoms with Crippen LogP contribution in [0.25, 0.3) is 0 Å². The molecule has 0 unspecified atom stereocenters. The lowest BCUT2D eigenvalue weighted by Gasteiger charge is -2.24. The van der Waals surface area contributed by atoms with Crippen LogP contribution in [0.3, 0.4) is 0 Å². The van der Waals surface area contributed by atoms with Crippen molar-refractivity contribution in [3.8, 4) is 0 Å². The van der Waals surface area contributed by atoms with Gasteiger partial charge in [-0.25, -0.2) is 0 Å². The summed E-state index contributed by atoms with van der Waals surface area (Å²) in [5.74, 6) is -0.783. The standard InChI is InChI=1S/C22H40N4O4/c1-14(2)10-17(12-20(29)19(11-15(3)4)25-16(5)28)22(30)26-18(13-27)8-6-7-9-21(23)24/h13-15,17-19H,6-12H2,1-5H3,(H3,23,24)(H,25,28)(H,26,30)/t17-,18+,19+/m1/s1. The molecule has 3 atom stereocenters. The lowest BCUT2D eigenvalue weighted by Crippen LogP contribution is -2.44. The Balaban J connectivity index is 5.06. The summed E-state index contributed by atoms with van der Waals surface area (Å²) in [7, 11) is 0. The van der Waals surface area contributed by atoms with Crippen molar-refractivity contribution in [1.29, 1.82) is 5.41 Å². The molecular weight excluding hydrogens is 384 g/mol. The number of hydrogen-bond donors (Lipinski definition) is 4. The SMILES string of the molecule is CC(=O)N[C@@H](CC(C)C)C(=O)C[C@@H](CC(C)C)C(=O)N[C@H](C=O)CCCCC(=N)N. The Kier molecular flexibility index (Phi) is 13.6. The van der Waals surface area contributed by atoms with Crippen LogP contribution in [0.5, 0.6) is 0 Å². The molecule has 0 aliphatic carbocycles. The predicted molar refractivity (Wildman–Crippen MR) is 118 cm³/mol. The summed E-state index contributed by atoms with van der Waals surface area (Å²) >= 11 is 0. The molecule has 0 rings (SSSR count). The molecule has 0 bridgehead atoms. The van der Waals surface area contributed by atoms with Gasteiger partial charge in [0.05, 0.1) is 17.9 Å². The molecule has 0 saturated carbocycles. The van der Waals surface area contributed by atoms with Crippen molar-refractivity contribution in [2.75, 3.05) is 0 Å². The van der Waals surface area contributed by atoms with Gasteiger partial charge in [-0.2, -0.15) is 0 Å². The molecule has 0 heterocycles. The van der Waals surface area contributed by atoms with Crippen LogP contribution < -0.4 is 16.4 Å². The van der Waals surface area contributed by atoms with Crippen LogP contribution in [0.2, 0.25) is 0 Å². The highest BCUT2D eigenvalue weighted by molar-refractivity contribution is 5.92. The molecule has 0 aliphatic rings. The average molecular weight is 425 g/mol.